The first-order valence-electron chi connectivity index (χ1n) is 5.28. The predicted molar refractivity (Wildman–Crippen MR) is 62.0 cm³/mol. The first-order valence-corrected chi connectivity index (χ1v) is 5.28. The summed E-state index contributed by atoms with van der Waals surface area (Å²) in [5.74, 6) is 0.897. The van der Waals surface area contributed by atoms with E-state index in [1.807, 2.05) is 36.8 Å². The van der Waals surface area contributed by atoms with Crippen molar-refractivity contribution in [2.45, 2.75) is 6.04 Å². The summed E-state index contributed by atoms with van der Waals surface area (Å²) < 4.78 is 6.95. The lowest BCUT2D eigenvalue weighted by atomic mass is 10.3. The summed E-state index contributed by atoms with van der Waals surface area (Å²) in [6.07, 6.45) is 3.49. The smallest absolute Gasteiger partial charge is 0.278 e. The summed E-state index contributed by atoms with van der Waals surface area (Å²) in [5, 5.41) is 3.87. The van der Waals surface area contributed by atoms with Gasteiger partial charge in [0.15, 0.2) is 5.82 Å². The van der Waals surface area contributed by atoms with Gasteiger partial charge in [-0.3, -0.25) is 0 Å². The van der Waals surface area contributed by atoms with Crippen LogP contribution in [0.15, 0.2) is 17.0 Å². The third-order valence-electron chi connectivity index (χ3n) is 2.26. The number of hydrogen-bond acceptors (Lipinski definition) is 6. The highest BCUT2D eigenvalue weighted by Crippen LogP contribution is 2.16. The maximum Gasteiger partial charge on any atom is 0.278 e. The largest absolute Gasteiger partial charge is 0.340 e. The number of likely N-dealkylation sites (N-methyl/N-ethyl adjacent to an activating group) is 1. The van der Waals surface area contributed by atoms with Crippen molar-refractivity contribution in [3.05, 3.63) is 18.3 Å². The maximum atomic E-state index is 5.94. The van der Waals surface area contributed by atoms with E-state index in [4.69, 9.17) is 10.3 Å². The molecule has 7 heteroatoms. The third kappa shape index (κ3) is 2.69. The average molecular weight is 236 g/mol. The molecule has 1 unspecified atom stereocenters. The molecule has 0 aliphatic heterocycles. The van der Waals surface area contributed by atoms with Crippen molar-refractivity contribution in [2.24, 2.45) is 12.8 Å². The Morgan fingerprint density at radius 3 is 2.88 bits per heavy atom. The number of imidazole rings is 1. The minimum atomic E-state index is -0.258. The van der Waals surface area contributed by atoms with E-state index in [1.165, 1.54) is 0 Å². The van der Waals surface area contributed by atoms with Crippen molar-refractivity contribution in [1.29, 1.82) is 0 Å². The highest BCUT2D eigenvalue weighted by Gasteiger charge is 2.16. The molecule has 2 aromatic rings. The maximum absolute atomic E-state index is 5.94. The summed E-state index contributed by atoms with van der Waals surface area (Å²) in [6, 6.07) is -0.258. The molecule has 0 aromatic carbocycles. The number of nitrogens with zero attached hydrogens (tertiary/aromatic N) is 5. The van der Waals surface area contributed by atoms with Crippen LogP contribution in [-0.4, -0.2) is 45.2 Å². The fourth-order valence-corrected chi connectivity index (χ4v) is 1.49. The summed E-state index contributed by atoms with van der Waals surface area (Å²) in [6.45, 7) is 0.668. The van der Waals surface area contributed by atoms with Crippen LogP contribution in [0.5, 0.6) is 0 Å². The molecule has 0 saturated carbocycles. The van der Waals surface area contributed by atoms with Gasteiger partial charge in [0, 0.05) is 19.8 Å². The van der Waals surface area contributed by atoms with Gasteiger partial charge in [-0.1, -0.05) is 5.16 Å². The summed E-state index contributed by atoms with van der Waals surface area (Å²) in [4.78, 5) is 10.4. The second-order valence-corrected chi connectivity index (χ2v) is 4.25. The fraction of sp³-hybridized carbons (Fsp3) is 0.500. The Labute approximate surface area is 99.2 Å². The molecular formula is C10H16N6O. The molecule has 0 aliphatic carbocycles. The van der Waals surface area contributed by atoms with Crippen LogP contribution in [0.3, 0.4) is 0 Å². The number of nitrogens with two attached hydrogens (primary N) is 1. The zero-order valence-corrected chi connectivity index (χ0v) is 10.2. The Kier molecular flexibility index (Phi) is 3.21. The second kappa shape index (κ2) is 4.64. The molecule has 2 heterocycles. The van der Waals surface area contributed by atoms with Crippen LogP contribution in [0.2, 0.25) is 0 Å². The molecule has 0 spiro atoms. The summed E-state index contributed by atoms with van der Waals surface area (Å²) in [5.41, 5.74) is 6.60. The van der Waals surface area contributed by atoms with Crippen LogP contribution in [0.25, 0.3) is 11.6 Å². The number of aromatic nitrogens is 4. The van der Waals surface area contributed by atoms with E-state index in [9.17, 15) is 0 Å². The predicted octanol–water partition coefficient (Wildman–Crippen LogP) is 0.0315. The number of aryl methyl sites for hydroxylation is 1. The van der Waals surface area contributed by atoms with Crippen molar-refractivity contribution >= 4 is 0 Å². The van der Waals surface area contributed by atoms with Gasteiger partial charge in [0.2, 0.25) is 0 Å². The van der Waals surface area contributed by atoms with Crippen molar-refractivity contribution in [2.75, 3.05) is 20.6 Å². The monoisotopic (exact) mass is 236 g/mol. The molecule has 0 amide bonds. The van der Waals surface area contributed by atoms with Crippen LogP contribution >= 0.6 is 0 Å². The van der Waals surface area contributed by atoms with Gasteiger partial charge >= 0.3 is 0 Å². The van der Waals surface area contributed by atoms with Gasteiger partial charge in [-0.2, -0.15) is 4.98 Å². The normalized spacial score (nSPS) is 13.2. The standard InChI is InChI=1S/C10H16N6O/c1-15(2)4-7(11)9-13-10(17-14-9)8-5-16(3)6-12-8/h5-7H,4,11H2,1-3H3. The van der Waals surface area contributed by atoms with Crippen LogP contribution in [0, 0.1) is 0 Å². The first-order chi connectivity index (χ1) is 8.06. The lowest BCUT2D eigenvalue weighted by Gasteiger charge is -2.12. The average Bonchev–Trinajstić information content (AvgIpc) is 2.84. The molecule has 0 aliphatic rings. The van der Waals surface area contributed by atoms with Crippen molar-refractivity contribution < 1.29 is 4.52 Å². The van der Waals surface area contributed by atoms with Crippen LogP contribution < -0.4 is 5.73 Å². The Morgan fingerprint density at radius 2 is 2.29 bits per heavy atom. The van der Waals surface area contributed by atoms with E-state index in [1.54, 1.807) is 6.33 Å². The third-order valence-corrected chi connectivity index (χ3v) is 2.26. The minimum Gasteiger partial charge on any atom is -0.340 e. The van der Waals surface area contributed by atoms with E-state index in [0.717, 1.165) is 0 Å². The van der Waals surface area contributed by atoms with Gasteiger partial charge in [-0.05, 0) is 14.1 Å². The Balaban J connectivity index is 2.15. The van der Waals surface area contributed by atoms with Crippen LogP contribution in [0.4, 0.5) is 0 Å². The molecular weight excluding hydrogens is 220 g/mol. The van der Waals surface area contributed by atoms with Gasteiger partial charge < -0.3 is 19.7 Å². The van der Waals surface area contributed by atoms with E-state index >= 15 is 0 Å². The van der Waals surface area contributed by atoms with E-state index in [-0.39, 0.29) is 6.04 Å². The minimum absolute atomic E-state index is 0.258. The summed E-state index contributed by atoms with van der Waals surface area (Å²) in [7, 11) is 5.77. The molecule has 7 nitrogen and oxygen atoms in total. The van der Waals surface area contributed by atoms with Gasteiger partial charge in [-0.25, -0.2) is 4.98 Å². The molecule has 2 aromatic heterocycles. The Morgan fingerprint density at radius 1 is 1.53 bits per heavy atom. The lowest BCUT2D eigenvalue weighted by Crippen LogP contribution is -2.26. The second-order valence-electron chi connectivity index (χ2n) is 4.25. The van der Waals surface area contributed by atoms with E-state index < -0.39 is 0 Å². The molecule has 2 N–H and O–H groups in total. The zero-order chi connectivity index (χ0) is 12.4. The van der Waals surface area contributed by atoms with E-state index in [0.29, 0.717) is 24.0 Å². The number of rotatable bonds is 4. The van der Waals surface area contributed by atoms with Crippen molar-refractivity contribution in [1.82, 2.24) is 24.6 Å². The van der Waals surface area contributed by atoms with Gasteiger partial charge in [0.25, 0.3) is 5.89 Å². The first kappa shape index (κ1) is 11.7. The molecule has 1 atom stereocenters. The lowest BCUT2D eigenvalue weighted by molar-refractivity contribution is 0.357. The van der Waals surface area contributed by atoms with Gasteiger partial charge in [-0.15, -0.1) is 0 Å². The van der Waals surface area contributed by atoms with Crippen LogP contribution in [0.1, 0.15) is 11.9 Å². The molecule has 17 heavy (non-hydrogen) atoms. The van der Waals surface area contributed by atoms with Crippen LogP contribution in [-0.2, 0) is 7.05 Å². The van der Waals surface area contributed by atoms with Crippen molar-refractivity contribution in [3.8, 4) is 11.6 Å². The van der Waals surface area contributed by atoms with Gasteiger partial charge in [0.05, 0.1) is 12.4 Å². The summed E-state index contributed by atoms with van der Waals surface area (Å²) >= 11 is 0. The molecule has 2 rings (SSSR count). The fourth-order valence-electron chi connectivity index (χ4n) is 1.49. The molecule has 0 saturated heterocycles. The topological polar surface area (TPSA) is 86.0 Å². The molecule has 92 valence electrons. The highest BCUT2D eigenvalue weighted by molar-refractivity contribution is 5.44. The van der Waals surface area contributed by atoms with E-state index in [2.05, 4.69) is 15.1 Å². The molecule has 0 radical (unpaired) electrons. The Bertz CT molecular complexity index is 488. The number of hydrogen-bond donors (Lipinski definition) is 1. The zero-order valence-electron chi connectivity index (χ0n) is 10.2. The van der Waals surface area contributed by atoms with Crippen molar-refractivity contribution in [3.63, 3.8) is 0 Å². The molecule has 0 bridgehead atoms. The SMILES string of the molecule is CN(C)CC(N)c1noc(-c2cn(C)cn2)n1. The Hall–Kier alpha value is -1.73. The highest BCUT2D eigenvalue weighted by atomic mass is 16.5. The molecule has 0 fully saturated rings. The van der Waals surface area contributed by atoms with Gasteiger partial charge in [0.1, 0.15) is 5.69 Å². The quantitative estimate of drug-likeness (QED) is 0.806.